The monoisotopic (exact) mass is 287 g/mol. The smallest absolute Gasteiger partial charge is 0.411 e. The van der Waals surface area contributed by atoms with E-state index in [0.29, 0.717) is 6.61 Å². The zero-order chi connectivity index (χ0) is 13.1. The molecule has 0 fully saturated rings. The molecule has 0 spiro atoms. The van der Waals surface area contributed by atoms with Crippen molar-refractivity contribution in [3.8, 4) is 0 Å². The number of hydrogen-bond donors (Lipinski definition) is 1. The number of ether oxygens (including phenoxy) is 2. The Labute approximate surface area is 115 Å². The summed E-state index contributed by atoms with van der Waals surface area (Å²) in [5.74, 6) is 1.72. The van der Waals surface area contributed by atoms with Gasteiger partial charge in [0.25, 0.3) is 0 Å². The number of carbonyl (C=O) groups excluding carboxylic acids is 1. The van der Waals surface area contributed by atoms with Crippen molar-refractivity contribution >= 4 is 33.4 Å². The molecule has 1 aromatic carbocycles. The minimum Gasteiger partial charge on any atom is -0.448 e. The average Bonchev–Trinajstić information content (AvgIpc) is 2.39. The molecule has 0 bridgehead atoms. The van der Waals surface area contributed by atoms with Crippen molar-refractivity contribution in [2.45, 2.75) is 0 Å². The topological polar surface area (TPSA) is 47.6 Å². The Morgan fingerprint density at radius 1 is 1.17 bits per heavy atom. The summed E-state index contributed by atoms with van der Waals surface area (Å²) in [7, 11) is 5.07. The standard InChI is InChI=1S/C12H17NO3S2/c1-15-7-9-17-18-10-8-16-12(14)13-11-5-3-2-4-6-11/h2-6H,7-10H2,1H3,(H,13,14). The number of anilines is 1. The van der Waals surface area contributed by atoms with E-state index < -0.39 is 6.09 Å². The average molecular weight is 287 g/mol. The van der Waals surface area contributed by atoms with Gasteiger partial charge in [-0.15, -0.1) is 0 Å². The van der Waals surface area contributed by atoms with E-state index in [1.165, 1.54) is 0 Å². The van der Waals surface area contributed by atoms with Crippen LogP contribution in [0.5, 0.6) is 0 Å². The number of para-hydroxylation sites is 1. The number of carbonyl (C=O) groups is 1. The predicted molar refractivity (Wildman–Crippen MR) is 78.2 cm³/mol. The molecule has 0 atom stereocenters. The van der Waals surface area contributed by atoms with Gasteiger partial charge in [-0.05, 0) is 12.1 Å². The van der Waals surface area contributed by atoms with Crippen LogP contribution < -0.4 is 5.32 Å². The van der Waals surface area contributed by atoms with Gasteiger partial charge in [0, 0.05) is 24.3 Å². The Balaban J connectivity index is 2.00. The molecule has 0 aromatic heterocycles. The molecular weight excluding hydrogens is 270 g/mol. The van der Waals surface area contributed by atoms with Crippen LogP contribution in [0.1, 0.15) is 0 Å². The zero-order valence-electron chi connectivity index (χ0n) is 10.3. The molecule has 0 saturated carbocycles. The van der Waals surface area contributed by atoms with E-state index in [4.69, 9.17) is 9.47 Å². The lowest BCUT2D eigenvalue weighted by Crippen LogP contribution is -2.15. The third-order valence-corrected chi connectivity index (χ3v) is 4.21. The van der Waals surface area contributed by atoms with Crippen molar-refractivity contribution in [3.63, 3.8) is 0 Å². The molecule has 0 radical (unpaired) electrons. The quantitative estimate of drug-likeness (QED) is 0.587. The summed E-state index contributed by atoms with van der Waals surface area (Å²) in [6.45, 7) is 1.15. The number of benzene rings is 1. The summed E-state index contributed by atoms with van der Waals surface area (Å²) in [6.07, 6.45) is -0.413. The molecule has 0 heterocycles. The van der Waals surface area contributed by atoms with E-state index in [1.807, 2.05) is 30.3 Å². The Bertz CT molecular complexity index is 335. The van der Waals surface area contributed by atoms with Crippen molar-refractivity contribution in [2.24, 2.45) is 0 Å². The van der Waals surface area contributed by atoms with Crippen LogP contribution in [-0.4, -0.2) is 37.9 Å². The Kier molecular flexibility index (Phi) is 8.54. The first-order chi connectivity index (χ1) is 8.83. The van der Waals surface area contributed by atoms with Gasteiger partial charge in [-0.3, -0.25) is 5.32 Å². The molecule has 0 unspecified atom stereocenters. The first-order valence-electron chi connectivity index (χ1n) is 5.55. The molecule has 4 nitrogen and oxygen atoms in total. The van der Waals surface area contributed by atoms with Gasteiger partial charge in [-0.1, -0.05) is 39.8 Å². The predicted octanol–water partition coefficient (Wildman–Crippen LogP) is 3.26. The Hall–Kier alpha value is -0.850. The van der Waals surface area contributed by atoms with Gasteiger partial charge in [0.15, 0.2) is 0 Å². The Morgan fingerprint density at radius 2 is 1.83 bits per heavy atom. The van der Waals surface area contributed by atoms with E-state index in [9.17, 15) is 4.79 Å². The van der Waals surface area contributed by atoms with Gasteiger partial charge in [0.2, 0.25) is 0 Å². The number of amides is 1. The molecule has 1 aromatic rings. The molecule has 6 heteroatoms. The minimum atomic E-state index is -0.413. The minimum absolute atomic E-state index is 0.406. The van der Waals surface area contributed by atoms with Crippen molar-refractivity contribution in [2.75, 3.05) is 37.1 Å². The van der Waals surface area contributed by atoms with Gasteiger partial charge < -0.3 is 9.47 Å². The maximum absolute atomic E-state index is 11.4. The van der Waals surface area contributed by atoms with Crippen LogP contribution in [0.2, 0.25) is 0 Å². The third-order valence-electron chi connectivity index (χ3n) is 1.87. The van der Waals surface area contributed by atoms with Crippen LogP contribution in [0, 0.1) is 0 Å². The highest BCUT2D eigenvalue weighted by Crippen LogP contribution is 2.20. The van der Waals surface area contributed by atoms with Gasteiger partial charge >= 0.3 is 6.09 Å². The van der Waals surface area contributed by atoms with Crippen molar-refractivity contribution in [1.82, 2.24) is 0 Å². The summed E-state index contributed by atoms with van der Waals surface area (Å²) in [4.78, 5) is 11.4. The van der Waals surface area contributed by atoms with Gasteiger partial charge in [0.1, 0.15) is 6.61 Å². The van der Waals surface area contributed by atoms with E-state index in [0.717, 1.165) is 23.8 Å². The molecule has 0 aliphatic heterocycles. The fourth-order valence-corrected chi connectivity index (χ4v) is 2.82. The fraction of sp³-hybridized carbons (Fsp3) is 0.417. The van der Waals surface area contributed by atoms with E-state index in [-0.39, 0.29) is 0 Å². The highest BCUT2D eigenvalue weighted by Gasteiger charge is 2.01. The summed E-state index contributed by atoms with van der Waals surface area (Å²) in [6, 6.07) is 9.24. The van der Waals surface area contributed by atoms with Crippen LogP contribution in [0.3, 0.4) is 0 Å². The normalized spacial score (nSPS) is 10.1. The second kappa shape index (κ2) is 10.1. The molecule has 1 rings (SSSR count). The summed E-state index contributed by atoms with van der Waals surface area (Å²) in [5.41, 5.74) is 0.740. The second-order valence-electron chi connectivity index (χ2n) is 3.26. The number of nitrogens with one attached hydrogen (secondary N) is 1. The van der Waals surface area contributed by atoms with Crippen molar-refractivity contribution in [1.29, 1.82) is 0 Å². The lowest BCUT2D eigenvalue weighted by molar-refractivity contribution is 0.169. The lowest BCUT2D eigenvalue weighted by atomic mass is 10.3. The maximum atomic E-state index is 11.4. The number of methoxy groups -OCH3 is 1. The number of hydrogen-bond acceptors (Lipinski definition) is 5. The first kappa shape index (κ1) is 15.2. The SMILES string of the molecule is COCCSSCCOC(=O)Nc1ccccc1. The second-order valence-corrected chi connectivity index (χ2v) is 5.97. The first-order valence-corrected chi connectivity index (χ1v) is 8.04. The summed E-state index contributed by atoms with van der Waals surface area (Å²) in [5, 5.41) is 2.66. The van der Waals surface area contributed by atoms with Crippen LogP contribution in [-0.2, 0) is 9.47 Å². The van der Waals surface area contributed by atoms with Crippen LogP contribution in [0.4, 0.5) is 10.5 Å². The Morgan fingerprint density at radius 3 is 2.50 bits per heavy atom. The van der Waals surface area contributed by atoms with Crippen molar-refractivity contribution < 1.29 is 14.3 Å². The van der Waals surface area contributed by atoms with Gasteiger partial charge in [0.05, 0.1) is 6.61 Å². The summed E-state index contributed by atoms with van der Waals surface area (Å²) < 4.78 is 9.96. The van der Waals surface area contributed by atoms with Crippen LogP contribution in [0.15, 0.2) is 30.3 Å². The highest BCUT2D eigenvalue weighted by molar-refractivity contribution is 8.76. The fourth-order valence-electron chi connectivity index (χ4n) is 1.08. The van der Waals surface area contributed by atoms with Gasteiger partial charge in [-0.2, -0.15) is 0 Å². The molecule has 100 valence electrons. The van der Waals surface area contributed by atoms with Crippen molar-refractivity contribution in [3.05, 3.63) is 30.3 Å². The van der Waals surface area contributed by atoms with Crippen LogP contribution in [0.25, 0.3) is 0 Å². The van der Waals surface area contributed by atoms with Gasteiger partial charge in [-0.25, -0.2) is 4.79 Å². The van der Waals surface area contributed by atoms with E-state index in [2.05, 4.69) is 5.32 Å². The lowest BCUT2D eigenvalue weighted by Gasteiger charge is -2.06. The van der Waals surface area contributed by atoms with E-state index >= 15 is 0 Å². The largest absolute Gasteiger partial charge is 0.448 e. The molecule has 0 aliphatic rings. The molecule has 0 aliphatic carbocycles. The molecule has 1 N–H and O–H groups in total. The summed E-state index contributed by atoms with van der Waals surface area (Å²) >= 11 is 0. The number of rotatable bonds is 8. The zero-order valence-corrected chi connectivity index (χ0v) is 11.9. The van der Waals surface area contributed by atoms with Crippen LogP contribution >= 0.6 is 21.6 Å². The molecular formula is C12H17NO3S2. The van der Waals surface area contributed by atoms with E-state index in [1.54, 1.807) is 28.7 Å². The third kappa shape index (κ3) is 7.47. The molecule has 18 heavy (non-hydrogen) atoms. The highest BCUT2D eigenvalue weighted by atomic mass is 33.1. The molecule has 1 amide bonds. The molecule has 0 saturated heterocycles. The maximum Gasteiger partial charge on any atom is 0.411 e.